The van der Waals surface area contributed by atoms with Crippen LogP contribution in [0.2, 0.25) is 0 Å². The predicted molar refractivity (Wildman–Crippen MR) is 84.4 cm³/mol. The maximum Gasteiger partial charge on any atom is 0.0615 e. The molecule has 0 spiro atoms. The number of rotatable bonds is 10. The molecule has 0 aromatic carbocycles. The second kappa shape index (κ2) is 8.93. The van der Waals surface area contributed by atoms with E-state index in [-0.39, 0.29) is 5.54 Å². The first kappa shape index (κ1) is 18.9. The minimum atomic E-state index is 0.106. The summed E-state index contributed by atoms with van der Waals surface area (Å²) in [5.41, 5.74) is 6.34. The number of hydrogen-bond donors (Lipinski definition) is 1. The molecule has 0 aliphatic heterocycles. The number of ether oxygens (including phenoxy) is 1. The number of nitrogens with two attached hydrogens (primary N) is 1. The molecule has 0 amide bonds. The quantitative estimate of drug-likeness (QED) is 0.664. The van der Waals surface area contributed by atoms with Crippen LogP contribution in [0.5, 0.6) is 0 Å². The van der Waals surface area contributed by atoms with E-state index in [0.717, 1.165) is 32.5 Å². The lowest BCUT2D eigenvalue weighted by Gasteiger charge is -2.48. The molecule has 0 radical (unpaired) electrons. The van der Waals surface area contributed by atoms with Gasteiger partial charge in [0.25, 0.3) is 0 Å². The van der Waals surface area contributed by atoms with Gasteiger partial charge in [-0.05, 0) is 38.1 Å². The third kappa shape index (κ3) is 5.80. The van der Waals surface area contributed by atoms with Gasteiger partial charge in [-0.1, -0.05) is 34.6 Å². The second-order valence-electron chi connectivity index (χ2n) is 6.71. The van der Waals surface area contributed by atoms with E-state index < -0.39 is 0 Å². The van der Waals surface area contributed by atoms with E-state index in [4.69, 9.17) is 10.5 Å². The molecule has 1 atom stereocenters. The highest BCUT2D eigenvalue weighted by Crippen LogP contribution is 2.32. The third-order valence-electron chi connectivity index (χ3n) is 3.85. The van der Waals surface area contributed by atoms with Crippen molar-refractivity contribution in [3.8, 4) is 0 Å². The first-order valence-corrected chi connectivity index (χ1v) is 7.78. The van der Waals surface area contributed by atoms with Gasteiger partial charge in [0.15, 0.2) is 0 Å². The number of likely N-dealkylation sites (N-methyl/N-ethyl adjacent to an activating group) is 1. The second-order valence-corrected chi connectivity index (χ2v) is 6.71. The molecule has 0 aromatic heterocycles. The van der Waals surface area contributed by atoms with E-state index in [1.54, 1.807) is 7.11 Å². The van der Waals surface area contributed by atoms with E-state index in [0.29, 0.717) is 17.9 Å². The molecule has 0 saturated carbocycles. The van der Waals surface area contributed by atoms with Crippen molar-refractivity contribution in [1.82, 2.24) is 4.90 Å². The zero-order chi connectivity index (χ0) is 15.1. The van der Waals surface area contributed by atoms with Gasteiger partial charge < -0.3 is 10.5 Å². The molecule has 0 aromatic rings. The average Bonchev–Trinajstić information content (AvgIpc) is 2.28. The van der Waals surface area contributed by atoms with Crippen LogP contribution in [0.1, 0.15) is 54.4 Å². The van der Waals surface area contributed by atoms with Crippen molar-refractivity contribution in [2.75, 3.05) is 26.8 Å². The first-order valence-electron chi connectivity index (χ1n) is 7.78. The van der Waals surface area contributed by atoms with Crippen LogP contribution >= 0.6 is 0 Å². The monoisotopic (exact) mass is 272 g/mol. The lowest BCUT2D eigenvalue weighted by atomic mass is 9.79. The summed E-state index contributed by atoms with van der Waals surface area (Å²) >= 11 is 0. The minimum Gasteiger partial charge on any atom is -0.383 e. The van der Waals surface area contributed by atoms with Crippen molar-refractivity contribution in [2.24, 2.45) is 17.6 Å². The molecule has 0 saturated heterocycles. The maximum atomic E-state index is 6.23. The van der Waals surface area contributed by atoms with Gasteiger partial charge in [-0.15, -0.1) is 0 Å². The van der Waals surface area contributed by atoms with Gasteiger partial charge in [0.2, 0.25) is 0 Å². The smallest absolute Gasteiger partial charge is 0.0615 e. The molecule has 0 aliphatic rings. The highest BCUT2D eigenvalue weighted by molar-refractivity contribution is 4.95. The normalized spacial score (nSPS) is 14.7. The van der Waals surface area contributed by atoms with Gasteiger partial charge >= 0.3 is 0 Å². The zero-order valence-electron chi connectivity index (χ0n) is 14.2. The highest BCUT2D eigenvalue weighted by Gasteiger charge is 2.38. The Morgan fingerprint density at radius 2 is 1.53 bits per heavy atom. The van der Waals surface area contributed by atoms with Crippen molar-refractivity contribution in [3.05, 3.63) is 0 Å². The molecule has 0 fully saturated rings. The minimum absolute atomic E-state index is 0.106. The van der Waals surface area contributed by atoms with E-state index in [2.05, 4.69) is 46.4 Å². The summed E-state index contributed by atoms with van der Waals surface area (Å²) in [6.45, 7) is 16.2. The van der Waals surface area contributed by atoms with Gasteiger partial charge in [-0.25, -0.2) is 0 Å². The summed E-state index contributed by atoms with van der Waals surface area (Å²) in [4.78, 5) is 2.57. The first-order chi connectivity index (χ1) is 8.82. The van der Waals surface area contributed by atoms with E-state index in [9.17, 15) is 0 Å². The zero-order valence-corrected chi connectivity index (χ0v) is 14.2. The Balaban J connectivity index is 5.23. The fourth-order valence-electron chi connectivity index (χ4n) is 3.57. The van der Waals surface area contributed by atoms with Gasteiger partial charge in [0.1, 0.15) is 0 Å². The van der Waals surface area contributed by atoms with Crippen molar-refractivity contribution in [1.29, 1.82) is 0 Å². The number of hydrogen-bond acceptors (Lipinski definition) is 3. The SMILES string of the molecule is CCN(C(C)COC)C(CN)(CC(C)C)CC(C)C. The van der Waals surface area contributed by atoms with Crippen LogP contribution in [0.25, 0.3) is 0 Å². The van der Waals surface area contributed by atoms with Gasteiger partial charge in [-0.3, -0.25) is 4.90 Å². The summed E-state index contributed by atoms with van der Waals surface area (Å²) in [6.07, 6.45) is 2.31. The fourth-order valence-corrected chi connectivity index (χ4v) is 3.57. The lowest BCUT2D eigenvalue weighted by molar-refractivity contribution is -0.00329. The highest BCUT2D eigenvalue weighted by atomic mass is 16.5. The Morgan fingerprint density at radius 1 is 1.05 bits per heavy atom. The molecule has 19 heavy (non-hydrogen) atoms. The Labute approximate surface area is 120 Å². The molecule has 3 nitrogen and oxygen atoms in total. The molecule has 3 heteroatoms. The lowest BCUT2D eigenvalue weighted by Crippen LogP contribution is -2.59. The standard InChI is InChI=1S/C16H36N2O/c1-8-18(15(6)11-19-7)16(12-17,9-13(2)3)10-14(4)5/h13-15H,8-12,17H2,1-7H3. The Bertz CT molecular complexity index is 219. The van der Waals surface area contributed by atoms with Crippen molar-refractivity contribution in [2.45, 2.75) is 66.0 Å². The summed E-state index contributed by atoms with van der Waals surface area (Å²) < 4.78 is 5.35. The number of nitrogens with zero attached hydrogens (tertiary/aromatic N) is 1. The summed E-state index contributed by atoms with van der Waals surface area (Å²) in [6, 6.07) is 0.413. The van der Waals surface area contributed by atoms with Crippen LogP contribution < -0.4 is 5.73 Å². The van der Waals surface area contributed by atoms with Crippen LogP contribution in [-0.4, -0.2) is 43.3 Å². The molecule has 0 rings (SSSR count). The van der Waals surface area contributed by atoms with Crippen molar-refractivity contribution >= 4 is 0 Å². The molecular formula is C16H36N2O. The van der Waals surface area contributed by atoms with Crippen LogP contribution in [0.4, 0.5) is 0 Å². The van der Waals surface area contributed by atoms with E-state index in [1.807, 2.05) is 0 Å². The van der Waals surface area contributed by atoms with Crippen LogP contribution in [0.15, 0.2) is 0 Å². The topological polar surface area (TPSA) is 38.5 Å². The predicted octanol–water partition coefficient (Wildman–Crippen LogP) is 3.13. The van der Waals surface area contributed by atoms with Crippen LogP contribution in [0, 0.1) is 11.8 Å². The third-order valence-corrected chi connectivity index (χ3v) is 3.85. The Kier molecular flexibility index (Phi) is 8.88. The summed E-state index contributed by atoms with van der Waals surface area (Å²) in [5.74, 6) is 1.32. The molecule has 2 N–H and O–H groups in total. The molecule has 0 bridgehead atoms. The fraction of sp³-hybridized carbons (Fsp3) is 1.00. The largest absolute Gasteiger partial charge is 0.383 e. The van der Waals surface area contributed by atoms with Crippen LogP contribution in [0.3, 0.4) is 0 Å². The summed E-state index contributed by atoms with van der Waals surface area (Å²) in [7, 11) is 1.78. The van der Waals surface area contributed by atoms with Crippen LogP contribution in [-0.2, 0) is 4.74 Å². The van der Waals surface area contributed by atoms with Crippen molar-refractivity contribution < 1.29 is 4.74 Å². The molecule has 116 valence electrons. The van der Waals surface area contributed by atoms with Gasteiger partial charge in [0.05, 0.1) is 6.61 Å². The maximum absolute atomic E-state index is 6.23. The van der Waals surface area contributed by atoms with E-state index in [1.165, 1.54) is 0 Å². The molecular weight excluding hydrogens is 236 g/mol. The molecule has 1 unspecified atom stereocenters. The molecule has 0 aliphatic carbocycles. The Morgan fingerprint density at radius 3 is 1.79 bits per heavy atom. The molecule has 0 heterocycles. The number of methoxy groups -OCH3 is 1. The van der Waals surface area contributed by atoms with Crippen molar-refractivity contribution in [3.63, 3.8) is 0 Å². The van der Waals surface area contributed by atoms with E-state index >= 15 is 0 Å². The Hall–Kier alpha value is -0.120. The summed E-state index contributed by atoms with van der Waals surface area (Å²) in [5, 5.41) is 0. The van der Waals surface area contributed by atoms with Gasteiger partial charge in [-0.2, -0.15) is 0 Å². The average molecular weight is 272 g/mol. The van der Waals surface area contributed by atoms with Gasteiger partial charge in [0, 0.05) is 25.2 Å².